The Morgan fingerprint density at radius 2 is 2.10 bits per heavy atom. The molecule has 1 aromatic rings. The number of carbonyl (C=O) groups excluding carboxylic acids is 2. The highest BCUT2D eigenvalue weighted by atomic mass is 35.5. The fourth-order valence-corrected chi connectivity index (χ4v) is 2.46. The Labute approximate surface area is 127 Å². The molecule has 0 bridgehead atoms. The van der Waals surface area contributed by atoms with Crippen LogP contribution in [-0.4, -0.2) is 39.8 Å². The summed E-state index contributed by atoms with van der Waals surface area (Å²) in [5.41, 5.74) is 0.280. The minimum atomic E-state index is -0.582. The van der Waals surface area contributed by atoms with Gasteiger partial charge in [-0.3, -0.25) is 4.79 Å². The van der Waals surface area contributed by atoms with Crippen molar-refractivity contribution in [3.8, 4) is 0 Å². The van der Waals surface area contributed by atoms with Gasteiger partial charge in [-0.1, -0.05) is 0 Å². The van der Waals surface area contributed by atoms with Crippen molar-refractivity contribution in [2.24, 2.45) is 0 Å². The molecule has 1 rings (SSSR count). The second-order valence-electron chi connectivity index (χ2n) is 4.52. The maximum atomic E-state index is 12.0. The van der Waals surface area contributed by atoms with Crippen LogP contribution in [0.4, 0.5) is 0 Å². The first-order chi connectivity index (χ1) is 9.36. The maximum absolute atomic E-state index is 12.0. The lowest BCUT2D eigenvalue weighted by atomic mass is 10.3. The van der Waals surface area contributed by atoms with Crippen molar-refractivity contribution < 1.29 is 14.3 Å². The van der Waals surface area contributed by atoms with E-state index in [1.807, 2.05) is 13.8 Å². The van der Waals surface area contributed by atoms with Crippen LogP contribution in [0.2, 0.25) is 0 Å². The van der Waals surface area contributed by atoms with Crippen molar-refractivity contribution in [3.05, 3.63) is 16.1 Å². The summed E-state index contributed by atoms with van der Waals surface area (Å²) < 4.78 is 4.88. The van der Waals surface area contributed by atoms with Gasteiger partial charge in [-0.2, -0.15) is 0 Å². The van der Waals surface area contributed by atoms with Crippen molar-refractivity contribution in [2.45, 2.75) is 45.7 Å². The Morgan fingerprint density at radius 1 is 1.45 bits per heavy atom. The molecule has 0 unspecified atom stereocenters. The third-order valence-corrected chi connectivity index (χ3v) is 3.61. The standard InChI is InChI=1S/C13H19ClN2O3S/c1-5-19-13(18)10-7-20-11(15-10)6-16(8(2)3)12(17)9(4)14/h7-9H,5-6H2,1-4H3/t9-/m0/s1. The Bertz CT molecular complexity index is 474. The Morgan fingerprint density at radius 3 is 2.60 bits per heavy atom. The van der Waals surface area contributed by atoms with Crippen molar-refractivity contribution >= 4 is 34.8 Å². The van der Waals surface area contributed by atoms with E-state index in [2.05, 4.69) is 4.98 Å². The van der Waals surface area contributed by atoms with Gasteiger partial charge in [0, 0.05) is 11.4 Å². The van der Waals surface area contributed by atoms with Gasteiger partial charge in [0.2, 0.25) is 5.91 Å². The second-order valence-corrected chi connectivity index (χ2v) is 6.12. The molecule has 0 aliphatic rings. The number of hydrogen-bond acceptors (Lipinski definition) is 5. The number of rotatable bonds is 6. The van der Waals surface area contributed by atoms with E-state index in [0.29, 0.717) is 18.2 Å². The first-order valence-electron chi connectivity index (χ1n) is 6.42. The van der Waals surface area contributed by atoms with Crippen LogP contribution in [0.15, 0.2) is 5.38 Å². The molecule has 0 N–H and O–H groups in total. The molecule has 0 aliphatic heterocycles. The first-order valence-corrected chi connectivity index (χ1v) is 7.74. The third kappa shape index (κ3) is 4.45. The normalized spacial score (nSPS) is 12.3. The molecule has 0 spiro atoms. The Kier molecular flexibility index (Phi) is 6.42. The van der Waals surface area contributed by atoms with Crippen molar-refractivity contribution in [1.82, 2.24) is 9.88 Å². The quantitative estimate of drug-likeness (QED) is 0.597. The molecule has 1 heterocycles. The van der Waals surface area contributed by atoms with E-state index in [1.54, 1.807) is 24.1 Å². The minimum Gasteiger partial charge on any atom is -0.461 e. The lowest BCUT2D eigenvalue weighted by Gasteiger charge is -2.26. The summed E-state index contributed by atoms with van der Waals surface area (Å²) in [6.07, 6.45) is 0. The summed E-state index contributed by atoms with van der Waals surface area (Å²) in [6.45, 7) is 7.87. The highest BCUT2D eigenvalue weighted by Gasteiger charge is 2.23. The molecule has 0 aliphatic carbocycles. The Balaban J connectivity index is 2.80. The van der Waals surface area contributed by atoms with Gasteiger partial charge in [0.25, 0.3) is 0 Å². The summed E-state index contributed by atoms with van der Waals surface area (Å²) >= 11 is 7.18. The zero-order valence-electron chi connectivity index (χ0n) is 12.1. The maximum Gasteiger partial charge on any atom is 0.357 e. The number of esters is 1. The van der Waals surface area contributed by atoms with Gasteiger partial charge < -0.3 is 9.64 Å². The van der Waals surface area contributed by atoms with Gasteiger partial charge in [0.15, 0.2) is 5.69 Å². The number of halogens is 1. The van der Waals surface area contributed by atoms with Gasteiger partial charge >= 0.3 is 5.97 Å². The van der Waals surface area contributed by atoms with Crippen LogP contribution in [0.1, 0.15) is 43.2 Å². The van der Waals surface area contributed by atoms with Crippen LogP contribution in [0.3, 0.4) is 0 Å². The minimum absolute atomic E-state index is 0.0126. The summed E-state index contributed by atoms with van der Waals surface area (Å²) in [5.74, 6) is -0.585. The van der Waals surface area contributed by atoms with Gasteiger partial charge in [-0.15, -0.1) is 22.9 Å². The average molecular weight is 319 g/mol. The molecule has 0 aromatic carbocycles. The molecule has 1 atom stereocenters. The van der Waals surface area contributed by atoms with E-state index in [4.69, 9.17) is 16.3 Å². The van der Waals surface area contributed by atoms with E-state index < -0.39 is 11.3 Å². The van der Waals surface area contributed by atoms with Crippen LogP contribution in [0, 0.1) is 0 Å². The number of hydrogen-bond donors (Lipinski definition) is 0. The molecular formula is C13H19ClN2O3S. The average Bonchev–Trinajstić information content (AvgIpc) is 2.83. The van der Waals surface area contributed by atoms with Gasteiger partial charge in [-0.25, -0.2) is 9.78 Å². The van der Waals surface area contributed by atoms with Gasteiger partial charge in [0.05, 0.1) is 13.2 Å². The van der Waals surface area contributed by atoms with Crippen LogP contribution in [-0.2, 0) is 16.1 Å². The molecule has 0 saturated heterocycles. The number of alkyl halides is 1. The van der Waals surface area contributed by atoms with Gasteiger partial charge in [0.1, 0.15) is 10.4 Å². The molecule has 1 amide bonds. The summed E-state index contributed by atoms with van der Waals surface area (Å²) in [6, 6.07) is 0.0126. The molecule has 0 saturated carbocycles. The van der Waals surface area contributed by atoms with Crippen molar-refractivity contribution in [2.75, 3.05) is 6.61 Å². The van der Waals surface area contributed by atoms with Crippen LogP contribution < -0.4 is 0 Å². The zero-order valence-corrected chi connectivity index (χ0v) is 13.6. The number of carbonyl (C=O) groups is 2. The highest BCUT2D eigenvalue weighted by molar-refractivity contribution is 7.09. The largest absolute Gasteiger partial charge is 0.461 e. The van der Waals surface area contributed by atoms with E-state index in [9.17, 15) is 9.59 Å². The van der Waals surface area contributed by atoms with E-state index in [-0.39, 0.29) is 17.6 Å². The van der Waals surface area contributed by atoms with Crippen molar-refractivity contribution in [1.29, 1.82) is 0 Å². The second kappa shape index (κ2) is 7.59. The number of thiazole rings is 1. The predicted octanol–water partition coefficient (Wildman–Crippen LogP) is 2.68. The highest BCUT2D eigenvalue weighted by Crippen LogP contribution is 2.16. The monoisotopic (exact) mass is 318 g/mol. The fourth-order valence-electron chi connectivity index (χ4n) is 1.57. The number of ether oxygens (including phenoxy) is 1. The Hall–Kier alpha value is -1.14. The lowest BCUT2D eigenvalue weighted by Crippen LogP contribution is -2.40. The fraction of sp³-hybridized carbons (Fsp3) is 0.615. The molecule has 5 nitrogen and oxygen atoms in total. The molecule has 20 heavy (non-hydrogen) atoms. The molecule has 0 fully saturated rings. The van der Waals surface area contributed by atoms with E-state index >= 15 is 0 Å². The van der Waals surface area contributed by atoms with E-state index in [1.165, 1.54) is 11.3 Å². The van der Waals surface area contributed by atoms with Crippen LogP contribution in [0.25, 0.3) is 0 Å². The lowest BCUT2D eigenvalue weighted by molar-refractivity contribution is -0.132. The molecule has 1 aromatic heterocycles. The zero-order chi connectivity index (χ0) is 15.3. The van der Waals surface area contributed by atoms with Crippen LogP contribution in [0.5, 0.6) is 0 Å². The smallest absolute Gasteiger partial charge is 0.357 e. The van der Waals surface area contributed by atoms with E-state index in [0.717, 1.165) is 0 Å². The topological polar surface area (TPSA) is 59.5 Å². The SMILES string of the molecule is CCOC(=O)c1csc(CN(C(=O)[C@H](C)Cl)C(C)C)n1. The molecular weight excluding hydrogens is 300 g/mol. The van der Waals surface area contributed by atoms with Crippen LogP contribution >= 0.6 is 22.9 Å². The predicted molar refractivity (Wildman–Crippen MR) is 79.1 cm³/mol. The van der Waals surface area contributed by atoms with Crippen molar-refractivity contribution in [3.63, 3.8) is 0 Å². The number of aromatic nitrogens is 1. The number of amides is 1. The molecule has 7 heteroatoms. The third-order valence-electron chi connectivity index (χ3n) is 2.59. The first kappa shape index (κ1) is 16.9. The number of nitrogens with zero attached hydrogens (tertiary/aromatic N) is 2. The molecule has 112 valence electrons. The summed E-state index contributed by atoms with van der Waals surface area (Å²) in [5, 5.41) is 1.75. The summed E-state index contributed by atoms with van der Waals surface area (Å²) in [4.78, 5) is 29.4. The van der Waals surface area contributed by atoms with Gasteiger partial charge in [-0.05, 0) is 27.7 Å². The molecule has 0 radical (unpaired) electrons. The summed E-state index contributed by atoms with van der Waals surface area (Å²) in [7, 11) is 0.